The summed E-state index contributed by atoms with van der Waals surface area (Å²) in [4.78, 5) is 25.3. The van der Waals surface area contributed by atoms with E-state index in [9.17, 15) is 14.7 Å². The number of rotatable bonds is 7. The number of nitrogens with one attached hydrogen (secondary N) is 2. The van der Waals surface area contributed by atoms with E-state index in [2.05, 4.69) is 15.8 Å². The maximum atomic E-state index is 15.1. The van der Waals surface area contributed by atoms with Crippen LogP contribution in [0.4, 0.5) is 4.39 Å². The summed E-state index contributed by atoms with van der Waals surface area (Å²) in [5.74, 6) is -1.18. The fourth-order valence-corrected chi connectivity index (χ4v) is 7.37. The van der Waals surface area contributed by atoms with E-state index in [4.69, 9.17) is 4.52 Å². The number of hydrogen-bond acceptors (Lipinski definition) is 5. The van der Waals surface area contributed by atoms with Crippen LogP contribution in [0.5, 0.6) is 0 Å². The number of aromatic nitrogens is 1. The Kier molecular flexibility index (Phi) is 5.11. The first-order valence-corrected chi connectivity index (χ1v) is 11.7. The molecule has 170 valence electrons. The maximum Gasteiger partial charge on any atom is 0.307 e. The highest BCUT2D eigenvalue weighted by Gasteiger charge is 2.75. The number of aryl methyl sites for hydroxylation is 1. The number of hydrogen-bond donors (Lipinski definition) is 3. The van der Waals surface area contributed by atoms with Gasteiger partial charge in [-0.2, -0.15) is 0 Å². The van der Waals surface area contributed by atoms with Crippen LogP contribution in [0, 0.1) is 41.9 Å². The molecule has 2 unspecified atom stereocenters. The van der Waals surface area contributed by atoms with Crippen molar-refractivity contribution in [3.05, 3.63) is 17.5 Å². The van der Waals surface area contributed by atoms with Gasteiger partial charge in [-0.05, 0) is 88.1 Å². The van der Waals surface area contributed by atoms with Gasteiger partial charge in [0.25, 0.3) is 0 Å². The van der Waals surface area contributed by atoms with Gasteiger partial charge in [-0.1, -0.05) is 5.16 Å². The highest BCUT2D eigenvalue weighted by molar-refractivity contribution is 5.86. The van der Waals surface area contributed by atoms with E-state index < -0.39 is 23.5 Å². The van der Waals surface area contributed by atoms with Crippen LogP contribution in [0.2, 0.25) is 0 Å². The third-order valence-electron chi connectivity index (χ3n) is 8.77. The summed E-state index contributed by atoms with van der Waals surface area (Å²) >= 11 is 0. The molecule has 0 radical (unpaired) electrons. The number of carbonyl (C=O) groups is 2. The normalized spacial score (nSPS) is 37.8. The summed E-state index contributed by atoms with van der Waals surface area (Å²) < 4.78 is 20.3. The summed E-state index contributed by atoms with van der Waals surface area (Å²) in [6, 6.07) is 1.77. The second-order valence-corrected chi connectivity index (χ2v) is 10.3. The van der Waals surface area contributed by atoms with E-state index in [-0.39, 0.29) is 29.7 Å². The number of amides is 1. The minimum atomic E-state index is -1.09. The minimum Gasteiger partial charge on any atom is -0.481 e. The highest BCUT2D eigenvalue weighted by atomic mass is 19.1. The summed E-state index contributed by atoms with van der Waals surface area (Å²) in [6.07, 6.45) is 5.20. The van der Waals surface area contributed by atoms with Gasteiger partial charge in [-0.15, -0.1) is 0 Å². The number of carbonyl (C=O) groups excluding carboxylic acids is 1. The Hall–Kier alpha value is -1.96. The average molecular weight is 434 g/mol. The van der Waals surface area contributed by atoms with Crippen LogP contribution in [0.3, 0.4) is 0 Å². The molecule has 1 amide bonds. The molecule has 1 saturated heterocycles. The Labute approximate surface area is 181 Å². The molecule has 2 heterocycles. The van der Waals surface area contributed by atoms with Crippen LogP contribution in [-0.2, 0) is 16.1 Å². The van der Waals surface area contributed by atoms with Crippen LogP contribution in [-0.4, -0.2) is 40.9 Å². The number of nitrogens with zero attached hydrogens (tertiary/aromatic N) is 1. The van der Waals surface area contributed by atoms with Gasteiger partial charge in [0.2, 0.25) is 5.91 Å². The zero-order valence-electron chi connectivity index (χ0n) is 18.0. The Bertz CT molecular complexity index is 867. The van der Waals surface area contributed by atoms with Crippen molar-refractivity contribution < 1.29 is 23.6 Å². The summed E-state index contributed by atoms with van der Waals surface area (Å²) in [6.45, 7) is 3.49. The lowest BCUT2D eigenvalue weighted by Crippen LogP contribution is -2.41. The van der Waals surface area contributed by atoms with Crippen molar-refractivity contribution in [3.8, 4) is 0 Å². The van der Waals surface area contributed by atoms with Crippen LogP contribution in [0.15, 0.2) is 10.6 Å². The smallest absolute Gasteiger partial charge is 0.307 e. The topological polar surface area (TPSA) is 104 Å². The Balaban J connectivity index is 1.27. The fraction of sp³-hybridized carbons (Fsp3) is 0.783. The molecule has 8 heteroatoms. The quantitative estimate of drug-likeness (QED) is 0.611. The standard InChI is InChI=1S/C23H32FN3O4/c1-13-10-15(31-27-13)12-26-20(28)18-16-2-3-17(19(18)21(29)30)23(16)11-14(23)4-5-22(24)6-8-25-9-7-22/h10,14,16-19,25H,2-9,11-12H2,1H3,(H,26,28)(H,29,30)/t14?,16-,17+,18+,19+,23?/m0/s1. The van der Waals surface area contributed by atoms with E-state index >= 15 is 4.39 Å². The van der Waals surface area contributed by atoms with Crippen LogP contribution in [0.25, 0.3) is 0 Å². The van der Waals surface area contributed by atoms with Crippen molar-refractivity contribution in [2.45, 2.75) is 64.1 Å². The predicted octanol–water partition coefficient (Wildman–Crippen LogP) is 2.83. The Morgan fingerprint density at radius 2 is 2.00 bits per heavy atom. The molecule has 1 aromatic heterocycles. The van der Waals surface area contributed by atoms with Gasteiger partial charge in [0.1, 0.15) is 5.67 Å². The van der Waals surface area contributed by atoms with Crippen LogP contribution >= 0.6 is 0 Å². The third-order valence-corrected chi connectivity index (χ3v) is 8.77. The highest BCUT2D eigenvalue weighted by Crippen LogP contribution is 2.78. The molecule has 1 aromatic rings. The number of halogens is 1. The minimum absolute atomic E-state index is 0.0341. The van der Waals surface area contributed by atoms with Gasteiger partial charge in [0, 0.05) is 6.07 Å². The number of carboxylic acid groups (broad SMARTS) is 1. The maximum absolute atomic E-state index is 15.1. The SMILES string of the molecule is Cc1cc(CNC(=O)[C@H]2[C@H](C(=O)O)[C@H]3CC[C@@H]2C32CC2CCC2(F)CCNCC2)on1. The molecular weight excluding hydrogens is 401 g/mol. The van der Waals surface area contributed by atoms with Crippen LogP contribution in [0.1, 0.15) is 56.4 Å². The molecule has 4 fully saturated rings. The van der Waals surface area contributed by atoms with Crippen molar-refractivity contribution in [2.75, 3.05) is 13.1 Å². The molecular formula is C23H32FN3O4. The molecule has 3 saturated carbocycles. The van der Waals surface area contributed by atoms with Gasteiger partial charge in [-0.3, -0.25) is 9.59 Å². The van der Waals surface area contributed by atoms with E-state index in [1.165, 1.54) is 0 Å². The molecule has 1 spiro atoms. The molecule has 4 aliphatic rings. The molecule has 31 heavy (non-hydrogen) atoms. The molecule has 0 aromatic carbocycles. The van der Waals surface area contributed by atoms with E-state index in [1.807, 2.05) is 6.92 Å². The first-order chi connectivity index (χ1) is 14.8. The van der Waals surface area contributed by atoms with Crippen LogP contribution < -0.4 is 10.6 Å². The van der Waals surface area contributed by atoms with Crippen molar-refractivity contribution in [1.29, 1.82) is 0 Å². The van der Waals surface area contributed by atoms with Crippen molar-refractivity contribution >= 4 is 11.9 Å². The molecule has 5 rings (SSSR count). The molecule has 3 N–H and O–H groups in total. The van der Waals surface area contributed by atoms with Gasteiger partial charge in [-0.25, -0.2) is 4.39 Å². The molecule has 1 aliphatic heterocycles. The zero-order chi connectivity index (χ0) is 21.8. The largest absolute Gasteiger partial charge is 0.481 e. The average Bonchev–Trinajstić information content (AvgIpc) is 2.98. The lowest BCUT2D eigenvalue weighted by molar-refractivity contribution is -0.149. The molecule has 2 bridgehead atoms. The van der Waals surface area contributed by atoms with Gasteiger partial charge in [0.15, 0.2) is 5.76 Å². The van der Waals surface area contributed by atoms with Gasteiger partial charge < -0.3 is 20.3 Å². The molecule has 7 nitrogen and oxygen atoms in total. The van der Waals surface area contributed by atoms with Crippen molar-refractivity contribution in [1.82, 2.24) is 15.8 Å². The van der Waals surface area contributed by atoms with E-state index in [0.29, 0.717) is 30.9 Å². The zero-order valence-corrected chi connectivity index (χ0v) is 18.0. The fourth-order valence-electron chi connectivity index (χ4n) is 7.37. The second-order valence-electron chi connectivity index (χ2n) is 10.3. The summed E-state index contributed by atoms with van der Waals surface area (Å²) in [5.41, 5.74) is -0.422. The van der Waals surface area contributed by atoms with Crippen molar-refractivity contribution in [3.63, 3.8) is 0 Å². The second kappa shape index (κ2) is 7.57. The third kappa shape index (κ3) is 3.47. The van der Waals surface area contributed by atoms with Crippen molar-refractivity contribution in [2.24, 2.45) is 35.0 Å². The molecule has 6 atom stereocenters. The van der Waals surface area contributed by atoms with E-state index in [1.54, 1.807) is 6.07 Å². The van der Waals surface area contributed by atoms with E-state index in [0.717, 1.165) is 44.5 Å². The summed E-state index contributed by atoms with van der Waals surface area (Å²) in [5, 5.41) is 19.9. The number of aliphatic carboxylic acids is 1. The molecule has 3 aliphatic carbocycles. The lowest BCUT2D eigenvalue weighted by atomic mass is 9.78. The Morgan fingerprint density at radius 1 is 1.29 bits per heavy atom. The predicted molar refractivity (Wildman–Crippen MR) is 110 cm³/mol. The number of piperidine rings is 1. The first-order valence-electron chi connectivity index (χ1n) is 11.7. The van der Waals surface area contributed by atoms with Gasteiger partial charge in [0.05, 0.1) is 24.1 Å². The summed E-state index contributed by atoms with van der Waals surface area (Å²) in [7, 11) is 0. The first kappa shape index (κ1) is 20.9. The monoisotopic (exact) mass is 433 g/mol. The number of alkyl halides is 1. The van der Waals surface area contributed by atoms with Gasteiger partial charge >= 0.3 is 5.97 Å². The Morgan fingerprint density at radius 3 is 2.65 bits per heavy atom. The lowest BCUT2D eigenvalue weighted by Gasteiger charge is -2.30. The number of carboxylic acids is 1.